The van der Waals surface area contributed by atoms with Gasteiger partial charge in [0.2, 0.25) is 15.8 Å². The van der Waals surface area contributed by atoms with E-state index in [-0.39, 0.29) is 4.90 Å². The number of aromatic amines is 1. The predicted molar refractivity (Wildman–Crippen MR) is 83.6 cm³/mol. The molecule has 2 aromatic rings. The van der Waals surface area contributed by atoms with Crippen molar-refractivity contribution in [3.63, 3.8) is 0 Å². The third-order valence-corrected chi connectivity index (χ3v) is 6.00. The first-order chi connectivity index (χ1) is 10.5. The van der Waals surface area contributed by atoms with E-state index in [0.717, 1.165) is 0 Å². The van der Waals surface area contributed by atoms with Gasteiger partial charge in [-0.2, -0.15) is 9.52 Å². The number of hydrogen-bond acceptors (Lipinski definition) is 6. The highest BCUT2D eigenvalue weighted by molar-refractivity contribution is 9.10. The van der Waals surface area contributed by atoms with Crippen LogP contribution in [0.1, 0.15) is 6.92 Å². The van der Waals surface area contributed by atoms with Gasteiger partial charge in [0.1, 0.15) is 0 Å². The second-order valence-electron chi connectivity index (χ2n) is 4.37. The Bertz CT molecular complexity index is 720. The SMILES string of the molecule is CCN(CCOC)S(=O)(=O)c1ccc(-c2nn[nH]n2)cc1Br. The van der Waals surface area contributed by atoms with E-state index in [1.54, 1.807) is 19.1 Å². The van der Waals surface area contributed by atoms with Gasteiger partial charge < -0.3 is 4.74 Å². The number of nitrogens with one attached hydrogen (secondary N) is 1. The first-order valence-electron chi connectivity index (χ1n) is 6.53. The zero-order valence-electron chi connectivity index (χ0n) is 12.2. The molecule has 0 bridgehead atoms. The summed E-state index contributed by atoms with van der Waals surface area (Å²) in [6, 6.07) is 4.83. The Balaban J connectivity index is 2.35. The van der Waals surface area contributed by atoms with Crippen molar-refractivity contribution in [2.75, 3.05) is 26.8 Å². The van der Waals surface area contributed by atoms with E-state index < -0.39 is 10.0 Å². The fraction of sp³-hybridized carbons (Fsp3) is 0.417. The van der Waals surface area contributed by atoms with Crippen molar-refractivity contribution < 1.29 is 13.2 Å². The van der Waals surface area contributed by atoms with Gasteiger partial charge in [-0.3, -0.25) is 0 Å². The van der Waals surface area contributed by atoms with E-state index in [1.807, 2.05) is 0 Å². The molecule has 1 aromatic carbocycles. The van der Waals surface area contributed by atoms with Crippen LogP contribution in [0.5, 0.6) is 0 Å². The number of nitrogens with zero attached hydrogens (tertiary/aromatic N) is 4. The number of rotatable bonds is 7. The molecule has 0 aliphatic carbocycles. The molecule has 0 spiro atoms. The van der Waals surface area contributed by atoms with E-state index in [2.05, 4.69) is 36.6 Å². The molecule has 0 amide bonds. The van der Waals surface area contributed by atoms with Crippen LogP contribution in [0.25, 0.3) is 11.4 Å². The van der Waals surface area contributed by atoms with Crippen LogP contribution in [-0.4, -0.2) is 60.2 Å². The van der Waals surface area contributed by atoms with Crippen molar-refractivity contribution in [1.29, 1.82) is 0 Å². The largest absolute Gasteiger partial charge is 0.383 e. The summed E-state index contributed by atoms with van der Waals surface area (Å²) in [5.74, 6) is 0.399. The highest BCUT2D eigenvalue weighted by atomic mass is 79.9. The minimum Gasteiger partial charge on any atom is -0.383 e. The number of ether oxygens (including phenoxy) is 1. The molecular weight excluding hydrogens is 374 g/mol. The normalized spacial score (nSPS) is 12.0. The molecule has 0 unspecified atom stereocenters. The average Bonchev–Trinajstić information content (AvgIpc) is 3.01. The number of methoxy groups -OCH3 is 1. The van der Waals surface area contributed by atoms with Crippen LogP contribution < -0.4 is 0 Å². The molecule has 0 saturated carbocycles. The maximum atomic E-state index is 12.7. The number of likely N-dealkylation sites (N-methyl/N-ethyl adjacent to an activating group) is 1. The van der Waals surface area contributed by atoms with Crippen LogP contribution in [0.4, 0.5) is 0 Å². The Morgan fingerprint density at radius 3 is 2.73 bits per heavy atom. The summed E-state index contributed by atoms with van der Waals surface area (Å²) in [5.41, 5.74) is 0.666. The Morgan fingerprint density at radius 1 is 1.41 bits per heavy atom. The summed E-state index contributed by atoms with van der Waals surface area (Å²) in [6.07, 6.45) is 0. The lowest BCUT2D eigenvalue weighted by atomic mass is 10.2. The molecule has 2 rings (SSSR count). The van der Waals surface area contributed by atoms with Gasteiger partial charge in [-0.05, 0) is 39.3 Å². The summed E-state index contributed by atoms with van der Waals surface area (Å²) < 4.78 is 32.1. The van der Waals surface area contributed by atoms with E-state index in [9.17, 15) is 8.42 Å². The molecule has 8 nitrogen and oxygen atoms in total. The second kappa shape index (κ2) is 7.27. The van der Waals surface area contributed by atoms with Crippen LogP contribution in [0, 0.1) is 0 Å². The number of tetrazole rings is 1. The van der Waals surface area contributed by atoms with Crippen LogP contribution >= 0.6 is 15.9 Å². The standard InChI is InChI=1S/C12H16BrN5O3S/c1-3-18(6-7-21-2)22(19,20)11-5-4-9(8-10(11)13)12-14-16-17-15-12/h4-5,8H,3,6-7H2,1-2H3,(H,14,15,16,17). The smallest absolute Gasteiger partial charge is 0.244 e. The Labute approximate surface area is 137 Å². The lowest BCUT2D eigenvalue weighted by Gasteiger charge is -2.21. The van der Waals surface area contributed by atoms with E-state index in [1.165, 1.54) is 17.5 Å². The molecule has 0 atom stereocenters. The minimum absolute atomic E-state index is 0.192. The molecular formula is C12H16BrN5O3S. The van der Waals surface area contributed by atoms with Crippen LogP contribution in [-0.2, 0) is 14.8 Å². The fourth-order valence-corrected chi connectivity index (χ4v) is 4.38. The fourth-order valence-electron chi connectivity index (χ4n) is 1.91. The topological polar surface area (TPSA) is 101 Å². The lowest BCUT2D eigenvalue weighted by Crippen LogP contribution is -2.33. The molecule has 0 fully saturated rings. The third kappa shape index (κ3) is 3.51. The molecule has 0 aliphatic heterocycles. The molecule has 10 heteroatoms. The first-order valence-corrected chi connectivity index (χ1v) is 8.76. The highest BCUT2D eigenvalue weighted by Crippen LogP contribution is 2.28. The van der Waals surface area contributed by atoms with Gasteiger partial charge in [0.05, 0.1) is 11.5 Å². The lowest BCUT2D eigenvalue weighted by molar-refractivity contribution is 0.180. The van der Waals surface area contributed by atoms with Crippen LogP contribution in [0.2, 0.25) is 0 Å². The van der Waals surface area contributed by atoms with Crippen molar-refractivity contribution >= 4 is 26.0 Å². The molecule has 1 aromatic heterocycles. The van der Waals surface area contributed by atoms with Crippen LogP contribution in [0.15, 0.2) is 27.6 Å². The van der Waals surface area contributed by atoms with Crippen LogP contribution in [0.3, 0.4) is 0 Å². The van der Waals surface area contributed by atoms with E-state index in [4.69, 9.17) is 4.74 Å². The summed E-state index contributed by atoms with van der Waals surface area (Å²) in [5, 5.41) is 13.6. The first kappa shape index (κ1) is 17.0. The third-order valence-electron chi connectivity index (χ3n) is 3.05. The van der Waals surface area contributed by atoms with Gasteiger partial charge in [0.15, 0.2) is 0 Å². The Morgan fingerprint density at radius 2 is 2.18 bits per heavy atom. The van der Waals surface area contributed by atoms with E-state index in [0.29, 0.717) is 35.6 Å². The Hall–Kier alpha value is -1.36. The number of H-pyrrole nitrogens is 1. The molecule has 1 N–H and O–H groups in total. The summed E-state index contributed by atoms with van der Waals surface area (Å²) in [7, 11) is -2.06. The number of benzene rings is 1. The average molecular weight is 390 g/mol. The molecule has 1 heterocycles. The van der Waals surface area contributed by atoms with Gasteiger partial charge in [-0.15, -0.1) is 10.2 Å². The van der Waals surface area contributed by atoms with Gasteiger partial charge in [-0.1, -0.05) is 6.92 Å². The zero-order valence-corrected chi connectivity index (χ0v) is 14.6. The molecule has 0 saturated heterocycles. The maximum absolute atomic E-state index is 12.7. The monoisotopic (exact) mass is 389 g/mol. The van der Waals surface area contributed by atoms with Gasteiger partial charge in [0, 0.05) is 30.2 Å². The molecule has 0 radical (unpaired) electrons. The van der Waals surface area contributed by atoms with Crippen molar-refractivity contribution in [3.8, 4) is 11.4 Å². The summed E-state index contributed by atoms with van der Waals surface area (Å²) >= 11 is 3.31. The van der Waals surface area contributed by atoms with Crippen molar-refractivity contribution in [2.24, 2.45) is 0 Å². The Kier molecular flexibility index (Phi) is 5.62. The molecule has 22 heavy (non-hydrogen) atoms. The predicted octanol–water partition coefficient (Wildman–Crippen LogP) is 1.29. The van der Waals surface area contributed by atoms with Gasteiger partial charge in [-0.25, -0.2) is 8.42 Å². The van der Waals surface area contributed by atoms with Gasteiger partial charge >= 0.3 is 0 Å². The zero-order chi connectivity index (χ0) is 16.2. The summed E-state index contributed by atoms with van der Waals surface area (Å²) in [4.78, 5) is 0.192. The van der Waals surface area contributed by atoms with Crippen molar-refractivity contribution in [3.05, 3.63) is 22.7 Å². The van der Waals surface area contributed by atoms with Gasteiger partial charge in [0.25, 0.3) is 0 Å². The molecule has 120 valence electrons. The minimum atomic E-state index is -3.60. The highest BCUT2D eigenvalue weighted by Gasteiger charge is 2.25. The number of hydrogen-bond donors (Lipinski definition) is 1. The second-order valence-corrected chi connectivity index (χ2v) is 7.13. The van der Waals surface area contributed by atoms with E-state index >= 15 is 0 Å². The van der Waals surface area contributed by atoms with Crippen molar-refractivity contribution in [2.45, 2.75) is 11.8 Å². The molecule has 0 aliphatic rings. The quantitative estimate of drug-likeness (QED) is 0.765. The maximum Gasteiger partial charge on any atom is 0.244 e. The summed E-state index contributed by atoms with van der Waals surface area (Å²) in [6.45, 7) is 2.79. The number of halogens is 1. The number of sulfonamides is 1. The number of aromatic nitrogens is 4. The van der Waals surface area contributed by atoms with Crippen molar-refractivity contribution in [1.82, 2.24) is 24.9 Å².